The van der Waals surface area contributed by atoms with Gasteiger partial charge in [-0.15, -0.1) is 11.8 Å². The number of hydrogen-bond donors (Lipinski definition) is 1. The molecule has 0 radical (unpaired) electrons. The van der Waals surface area contributed by atoms with Crippen molar-refractivity contribution in [2.45, 2.75) is 19.2 Å². The van der Waals surface area contributed by atoms with Gasteiger partial charge in [0.05, 0.1) is 11.4 Å². The van der Waals surface area contributed by atoms with Gasteiger partial charge in [0.1, 0.15) is 16.9 Å². The molecule has 1 heterocycles. The predicted octanol–water partition coefficient (Wildman–Crippen LogP) is 3.93. The highest BCUT2D eigenvalue weighted by atomic mass is 32.2. The van der Waals surface area contributed by atoms with Crippen LogP contribution in [0.2, 0.25) is 0 Å². The fourth-order valence-corrected chi connectivity index (χ4v) is 3.76. The molecule has 22 heavy (non-hydrogen) atoms. The van der Waals surface area contributed by atoms with Crippen LogP contribution in [0.5, 0.6) is 5.75 Å². The number of aryl methyl sites for hydroxylation is 2. The SMILES string of the molecule is Cc1cc(C2SCC(=O)N2c2cc(F)ccc2C)ccc1O. The first-order valence-electron chi connectivity index (χ1n) is 6.96. The molecule has 1 atom stereocenters. The van der Waals surface area contributed by atoms with E-state index in [4.69, 9.17) is 0 Å². The molecule has 5 heteroatoms. The quantitative estimate of drug-likeness (QED) is 0.912. The second-order valence-corrected chi connectivity index (χ2v) is 6.47. The second-order valence-electron chi connectivity index (χ2n) is 5.40. The molecule has 0 bridgehead atoms. The van der Waals surface area contributed by atoms with Gasteiger partial charge in [0.25, 0.3) is 0 Å². The lowest BCUT2D eigenvalue weighted by molar-refractivity contribution is -0.115. The van der Waals surface area contributed by atoms with E-state index < -0.39 is 0 Å². The monoisotopic (exact) mass is 317 g/mol. The summed E-state index contributed by atoms with van der Waals surface area (Å²) in [6.45, 7) is 3.68. The van der Waals surface area contributed by atoms with Crippen molar-refractivity contribution in [2.75, 3.05) is 10.7 Å². The average molecular weight is 317 g/mol. The first kappa shape index (κ1) is 14.9. The van der Waals surface area contributed by atoms with E-state index in [2.05, 4.69) is 0 Å². The summed E-state index contributed by atoms with van der Waals surface area (Å²) in [5.41, 5.74) is 3.15. The number of carbonyl (C=O) groups excluding carboxylic acids is 1. The Bertz CT molecular complexity index is 747. The second kappa shape index (κ2) is 5.65. The third kappa shape index (κ3) is 2.57. The van der Waals surface area contributed by atoms with Crippen molar-refractivity contribution in [3.63, 3.8) is 0 Å². The van der Waals surface area contributed by atoms with Gasteiger partial charge in [-0.1, -0.05) is 12.1 Å². The van der Waals surface area contributed by atoms with E-state index in [9.17, 15) is 14.3 Å². The first-order valence-corrected chi connectivity index (χ1v) is 8.01. The molecular weight excluding hydrogens is 301 g/mol. The van der Waals surface area contributed by atoms with E-state index in [1.165, 1.54) is 23.9 Å². The van der Waals surface area contributed by atoms with E-state index in [0.717, 1.165) is 16.7 Å². The van der Waals surface area contributed by atoms with Gasteiger partial charge in [0.2, 0.25) is 5.91 Å². The third-order valence-corrected chi connectivity index (χ3v) is 5.02. The molecule has 0 spiro atoms. The van der Waals surface area contributed by atoms with Crippen LogP contribution in [0, 0.1) is 19.7 Å². The fourth-order valence-electron chi connectivity index (χ4n) is 2.61. The molecule has 114 valence electrons. The number of aromatic hydroxyl groups is 1. The zero-order chi connectivity index (χ0) is 15.9. The van der Waals surface area contributed by atoms with Crippen molar-refractivity contribution in [1.82, 2.24) is 0 Å². The van der Waals surface area contributed by atoms with Gasteiger partial charge in [0.15, 0.2) is 0 Å². The zero-order valence-electron chi connectivity index (χ0n) is 12.3. The van der Waals surface area contributed by atoms with Crippen LogP contribution in [0.15, 0.2) is 36.4 Å². The molecule has 3 nitrogen and oxygen atoms in total. The molecule has 0 aromatic heterocycles. The van der Waals surface area contributed by atoms with E-state index in [1.54, 1.807) is 23.1 Å². The average Bonchev–Trinajstić information content (AvgIpc) is 2.86. The van der Waals surface area contributed by atoms with E-state index in [-0.39, 0.29) is 22.8 Å². The van der Waals surface area contributed by atoms with Crippen molar-refractivity contribution in [3.8, 4) is 5.75 Å². The highest BCUT2D eigenvalue weighted by molar-refractivity contribution is 8.00. The molecule has 1 amide bonds. The molecule has 0 saturated carbocycles. The van der Waals surface area contributed by atoms with Crippen molar-refractivity contribution in [1.29, 1.82) is 0 Å². The van der Waals surface area contributed by atoms with Gasteiger partial charge in [-0.05, 0) is 54.8 Å². The molecule has 1 N–H and O–H groups in total. The molecule has 1 saturated heterocycles. The van der Waals surface area contributed by atoms with Gasteiger partial charge >= 0.3 is 0 Å². The number of benzene rings is 2. The minimum atomic E-state index is -0.356. The Labute approximate surface area is 132 Å². The first-order chi connectivity index (χ1) is 10.5. The third-order valence-electron chi connectivity index (χ3n) is 3.80. The van der Waals surface area contributed by atoms with Crippen molar-refractivity contribution >= 4 is 23.4 Å². The van der Waals surface area contributed by atoms with Crippen molar-refractivity contribution in [3.05, 3.63) is 58.9 Å². The van der Waals surface area contributed by atoms with Crippen LogP contribution in [-0.2, 0) is 4.79 Å². The molecule has 2 aromatic rings. The Hall–Kier alpha value is -2.01. The number of amides is 1. The summed E-state index contributed by atoms with van der Waals surface area (Å²) < 4.78 is 13.6. The number of rotatable bonds is 2. The van der Waals surface area contributed by atoms with Crippen molar-refractivity contribution in [2.24, 2.45) is 0 Å². The van der Waals surface area contributed by atoms with E-state index in [0.29, 0.717) is 11.4 Å². The van der Waals surface area contributed by atoms with Crippen LogP contribution in [0.1, 0.15) is 22.1 Å². The molecule has 0 aliphatic carbocycles. The number of hydrogen-bond acceptors (Lipinski definition) is 3. The Balaban J connectivity index is 2.05. The molecule has 1 fully saturated rings. The smallest absolute Gasteiger partial charge is 0.238 e. The van der Waals surface area contributed by atoms with Crippen LogP contribution >= 0.6 is 11.8 Å². The summed E-state index contributed by atoms with van der Waals surface area (Å²) >= 11 is 1.51. The molecule has 1 aliphatic heterocycles. The van der Waals surface area contributed by atoms with Crippen LogP contribution in [-0.4, -0.2) is 16.8 Å². The lowest BCUT2D eigenvalue weighted by Gasteiger charge is -2.26. The van der Waals surface area contributed by atoms with E-state index in [1.807, 2.05) is 19.9 Å². The number of thioether (sulfide) groups is 1. The summed E-state index contributed by atoms with van der Waals surface area (Å²) in [7, 11) is 0. The lowest BCUT2D eigenvalue weighted by Crippen LogP contribution is -2.28. The number of nitrogens with zero attached hydrogens (tertiary/aromatic N) is 1. The summed E-state index contributed by atoms with van der Waals surface area (Å²) in [6, 6.07) is 9.78. The molecule has 2 aromatic carbocycles. The number of phenols is 1. The predicted molar refractivity (Wildman–Crippen MR) is 86.7 cm³/mol. The summed E-state index contributed by atoms with van der Waals surface area (Å²) in [5, 5.41) is 9.46. The van der Waals surface area contributed by atoms with Gasteiger partial charge in [-0.25, -0.2) is 4.39 Å². The number of phenolic OH excluding ortho intramolecular Hbond substituents is 1. The highest BCUT2D eigenvalue weighted by Gasteiger charge is 2.35. The van der Waals surface area contributed by atoms with Gasteiger partial charge in [0, 0.05) is 0 Å². The maximum Gasteiger partial charge on any atom is 0.238 e. The maximum atomic E-state index is 13.6. The fraction of sp³-hybridized carbons (Fsp3) is 0.235. The van der Waals surface area contributed by atoms with Crippen LogP contribution < -0.4 is 4.90 Å². The van der Waals surface area contributed by atoms with Crippen LogP contribution in [0.3, 0.4) is 0 Å². The lowest BCUT2D eigenvalue weighted by atomic mass is 10.1. The minimum Gasteiger partial charge on any atom is -0.508 e. The number of halogens is 1. The van der Waals surface area contributed by atoms with Gasteiger partial charge < -0.3 is 5.11 Å². The molecule has 1 unspecified atom stereocenters. The largest absolute Gasteiger partial charge is 0.508 e. The summed E-state index contributed by atoms with van der Waals surface area (Å²) in [6.07, 6.45) is 0. The Morgan fingerprint density at radius 1 is 1.18 bits per heavy atom. The normalized spacial score (nSPS) is 18.0. The Morgan fingerprint density at radius 2 is 1.95 bits per heavy atom. The molecular formula is C17H16FNO2S. The number of carbonyl (C=O) groups is 1. The van der Waals surface area contributed by atoms with Crippen LogP contribution in [0.4, 0.5) is 10.1 Å². The maximum absolute atomic E-state index is 13.6. The summed E-state index contributed by atoms with van der Waals surface area (Å²) in [4.78, 5) is 14.0. The van der Waals surface area contributed by atoms with Crippen molar-refractivity contribution < 1.29 is 14.3 Å². The molecule has 1 aliphatic rings. The standard InChI is InChI=1S/C17H16FNO2S/c1-10-3-5-13(18)8-14(10)19-16(21)9-22-17(19)12-4-6-15(20)11(2)7-12/h3-8,17,20H,9H2,1-2H3. The Morgan fingerprint density at radius 3 is 2.68 bits per heavy atom. The highest BCUT2D eigenvalue weighted by Crippen LogP contribution is 2.43. The molecule has 3 rings (SSSR count). The van der Waals surface area contributed by atoms with Gasteiger partial charge in [-0.2, -0.15) is 0 Å². The number of anilines is 1. The minimum absolute atomic E-state index is 0.0329. The summed E-state index contributed by atoms with van der Waals surface area (Å²) in [5.74, 6) is 0.201. The van der Waals surface area contributed by atoms with E-state index >= 15 is 0 Å². The Kier molecular flexibility index (Phi) is 3.83. The van der Waals surface area contributed by atoms with Gasteiger partial charge in [-0.3, -0.25) is 9.69 Å². The zero-order valence-corrected chi connectivity index (χ0v) is 13.2. The topological polar surface area (TPSA) is 40.5 Å². The van der Waals surface area contributed by atoms with Crippen LogP contribution in [0.25, 0.3) is 0 Å².